The summed E-state index contributed by atoms with van der Waals surface area (Å²) in [5.74, 6) is -0.670. The number of benzene rings is 2. The zero-order chi connectivity index (χ0) is 20.2. The summed E-state index contributed by atoms with van der Waals surface area (Å²) in [4.78, 5) is 24.2. The summed E-state index contributed by atoms with van der Waals surface area (Å²) < 4.78 is 24.2. The summed E-state index contributed by atoms with van der Waals surface area (Å²) in [6.45, 7) is 2.29. The van der Waals surface area contributed by atoms with Gasteiger partial charge in [-0.1, -0.05) is 11.6 Å². The molecule has 2 amide bonds. The first-order valence-electron chi connectivity index (χ1n) is 8.06. The summed E-state index contributed by atoms with van der Waals surface area (Å²) in [6.07, 6.45) is 1.10. The second-order valence-electron chi connectivity index (χ2n) is 5.79. The van der Waals surface area contributed by atoms with Crippen LogP contribution < -0.4 is 14.9 Å². The highest BCUT2D eigenvalue weighted by molar-refractivity contribution is 7.92. The number of carbonyl (C=O) groups excluding carboxylic acids is 2. The van der Waals surface area contributed by atoms with Crippen molar-refractivity contribution in [1.82, 2.24) is 5.32 Å². The van der Waals surface area contributed by atoms with E-state index in [1.54, 1.807) is 25.1 Å². The highest BCUT2D eigenvalue weighted by Gasteiger charge is 2.14. The number of amides is 2. The molecule has 2 rings (SSSR count). The lowest BCUT2D eigenvalue weighted by Crippen LogP contribution is -2.24. The summed E-state index contributed by atoms with van der Waals surface area (Å²) in [5.41, 5.74) is 1.56. The Bertz CT molecular complexity index is 959. The smallest absolute Gasteiger partial charge is 0.255 e. The maximum Gasteiger partial charge on any atom is 0.255 e. The van der Waals surface area contributed by atoms with Crippen LogP contribution in [0.3, 0.4) is 0 Å². The maximum absolute atomic E-state index is 12.4. The van der Waals surface area contributed by atoms with Gasteiger partial charge in [0.25, 0.3) is 11.8 Å². The molecule has 9 heteroatoms. The number of nitrogens with one attached hydrogen (secondary N) is 2. The molecule has 0 bridgehead atoms. The third-order valence-electron chi connectivity index (χ3n) is 3.80. The van der Waals surface area contributed by atoms with Gasteiger partial charge >= 0.3 is 0 Å². The Morgan fingerprint density at radius 2 is 1.70 bits per heavy atom. The summed E-state index contributed by atoms with van der Waals surface area (Å²) in [7, 11) is -1.94. The molecule has 0 aliphatic carbocycles. The molecule has 2 aromatic rings. The molecular formula is C18H20ClN3O4S. The number of anilines is 2. The van der Waals surface area contributed by atoms with Crippen LogP contribution in [0.4, 0.5) is 11.4 Å². The second kappa shape index (κ2) is 8.41. The van der Waals surface area contributed by atoms with Gasteiger partial charge in [-0.15, -0.1) is 0 Å². The van der Waals surface area contributed by atoms with Gasteiger partial charge < -0.3 is 10.6 Å². The lowest BCUT2D eigenvalue weighted by Gasteiger charge is -2.16. The number of sulfonamides is 1. The van der Waals surface area contributed by atoms with E-state index in [1.807, 2.05) is 0 Å². The van der Waals surface area contributed by atoms with Crippen molar-refractivity contribution in [3.8, 4) is 0 Å². The maximum atomic E-state index is 12.4. The number of carbonyl (C=O) groups is 2. The van der Waals surface area contributed by atoms with E-state index in [0.29, 0.717) is 29.0 Å². The van der Waals surface area contributed by atoms with E-state index in [1.165, 1.54) is 31.3 Å². The van der Waals surface area contributed by atoms with E-state index in [-0.39, 0.29) is 16.8 Å². The molecule has 0 saturated heterocycles. The zero-order valence-corrected chi connectivity index (χ0v) is 16.7. The van der Waals surface area contributed by atoms with Crippen molar-refractivity contribution in [2.24, 2.45) is 0 Å². The summed E-state index contributed by atoms with van der Waals surface area (Å²) in [6, 6.07) is 10.7. The highest BCUT2D eigenvalue weighted by Crippen LogP contribution is 2.22. The number of halogens is 1. The van der Waals surface area contributed by atoms with Crippen LogP contribution in [0.1, 0.15) is 27.6 Å². The molecule has 2 N–H and O–H groups in total. The minimum atomic E-state index is -3.37. The Balaban J connectivity index is 2.13. The van der Waals surface area contributed by atoms with Crippen molar-refractivity contribution >= 4 is 44.8 Å². The molecule has 0 radical (unpaired) electrons. The van der Waals surface area contributed by atoms with Gasteiger partial charge in [-0.3, -0.25) is 13.9 Å². The van der Waals surface area contributed by atoms with Crippen molar-refractivity contribution in [2.45, 2.75) is 6.92 Å². The van der Waals surface area contributed by atoms with Gasteiger partial charge in [0.1, 0.15) is 0 Å². The van der Waals surface area contributed by atoms with Crippen LogP contribution >= 0.6 is 11.6 Å². The van der Waals surface area contributed by atoms with Gasteiger partial charge in [-0.05, 0) is 49.4 Å². The zero-order valence-electron chi connectivity index (χ0n) is 15.1. The van der Waals surface area contributed by atoms with Crippen molar-refractivity contribution < 1.29 is 18.0 Å². The highest BCUT2D eigenvalue weighted by atomic mass is 35.5. The first-order valence-corrected chi connectivity index (χ1v) is 10.3. The Morgan fingerprint density at radius 1 is 1.07 bits per heavy atom. The van der Waals surface area contributed by atoms with Crippen molar-refractivity contribution in [1.29, 1.82) is 0 Å². The molecule has 7 nitrogen and oxygen atoms in total. The predicted octanol–water partition coefficient (Wildman–Crippen LogP) is 2.74. The number of hydrogen-bond donors (Lipinski definition) is 2. The Kier molecular flexibility index (Phi) is 6.45. The van der Waals surface area contributed by atoms with Crippen LogP contribution in [0.15, 0.2) is 42.5 Å². The molecule has 144 valence electrons. The Labute approximate surface area is 163 Å². The van der Waals surface area contributed by atoms with E-state index >= 15 is 0 Å². The minimum Gasteiger partial charge on any atom is -0.352 e. The van der Waals surface area contributed by atoms with Crippen molar-refractivity contribution in [2.75, 3.05) is 29.5 Å². The van der Waals surface area contributed by atoms with E-state index in [0.717, 1.165) is 10.6 Å². The van der Waals surface area contributed by atoms with E-state index in [9.17, 15) is 18.0 Å². The lowest BCUT2D eigenvalue weighted by atomic mass is 10.1. The van der Waals surface area contributed by atoms with Gasteiger partial charge in [-0.2, -0.15) is 0 Å². The first-order chi connectivity index (χ1) is 12.6. The molecule has 0 saturated carbocycles. The van der Waals surface area contributed by atoms with Gasteiger partial charge in [0.05, 0.1) is 22.5 Å². The van der Waals surface area contributed by atoms with Gasteiger partial charge in [-0.25, -0.2) is 8.42 Å². The van der Waals surface area contributed by atoms with Crippen LogP contribution in [-0.4, -0.2) is 40.1 Å². The van der Waals surface area contributed by atoms with Gasteiger partial charge in [0.2, 0.25) is 10.0 Å². The van der Waals surface area contributed by atoms with Crippen LogP contribution in [0.25, 0.3) is 0 Å². The minimum absolute atomic E-state index is 0.226. The average molecular weight is 410 g/mol. The van der Waals surface area contributed by atoms with Gasteiger partial charge in [0, 0.05) is 24.8 Å². The first kappa shape index (κ1) is 20.7. The topological polar surface area (TPSA) is 95.6 Å². The summed E-state index contributed by atoms with van der Waals surface area (Å²) in [5, 5.41) is 5.57. The SMILES string of the molecule is CCNC(=O)c1ccc(NC(=O)c2ccc(N(C)S(C)(=O)=O)cc2)cc1Cl. The van der Waals surface area contributed by atoms with Crippen LogP contribution in [0.5, 0.6) is 0 Å². The monoisotopic (exact) mass is 409 g/mol. The largest absolute Gasteiger partial charge is 0.352 e. The quantitative estimate of drug-likeness (QED) is 0.766. The van der Waals surface area contributed by atoms with Gasteiger partial charge in [0.15, 0.2) is 0 Å². The molecule has 0 atom stereocenters. The molecule has 0 spiro atoms. The third-order valence-corrected chi connectivity index (χ3v) is 5.32. The van der Waals surface area contributed by atoms with Crippen molar-refractivity contribution in [3.63, 3.8) is 0 Å². The second-order valence-corrected chi connectivity index (χ2v) is 8.21. The molecule has 27 heavy (non-hydrogen) atoms. The average Bonchev–Trinajstić information content (AvgIpc) is 2.60. The van der Waals surface area contributed by atoms with E-state index in [4.69, 9.17) is 11.6 Å². The molecule has 0 aliphatic rings. The fraction of sp³-hybridized carbons (Fsp3) is 0.222. The number of nitrogens with zero attached hydrogens (tertiary/aromatic N) is 1. The predicted molar refractivity (Wildman–Crippen MR) is 107 cm³/mol. The van der Waals surface area contributed by atoms with E-state index in [2.05, 4.69) is 10.6 Å². The van der Waals surface area contributed by atoms with Crippen LogP contribution in [-0.2, 0) is 10.0 Å². The molecule has 0 unspecified atom stereocenters. The fourth-order valence-corrected chi connectivity index (χ4v) is 3.02. The Hall–Kier alpha value is -2.58. The normalized spacial score (nSPS) is 11.0. The molecule has 0 aromatic heterocycles. The number of hydrogen-bond acceptors (Lipinski definition) is 4. The van der Waals surface area contributed by atoms with Crippen molar-refractivity contribution in [3.05, 3.63) is 58.6 Å². The molecule has 2 aromatic carbocycles. The fourth-order valence-electron chi connectivity index (χ4n) is 2.25. The number of rotatable bonds is 6. The Morgan fingerprint density at radius 3 is 2.22 bits per heavy atom. The molecular weight excluding hydrogens is 390 g/mol. The molecule has 0 heterocycles. The van der Waals surface area contributed by atoms with E-state index < -0.39 is 10.0 Å². The van der Waals surface area contributed by atoms with Crippen LogP contribution in [0, 0.1) is 0 Å². The molecule has 0 aliphatic heterocycles. The lowest BCUT2D eigenvalue weighted by molar-refractivity contribution is 0.0955. The summed E-state index contributed by atoms with van der Waals surface area (Å²) >= 11 is 6.11. The molecule has 0 fully saturated rings. The standard InChI is InChI=1S/C18H20ClN3O4S/c1-4-20-18(24)15-10-7-13(11-16(15)19)21-17(23)12-5-8-14(9-6-12)22(2)27(3,25)26/h5-11H,4H2,1-3H3,(H,20,24)(H,21,23). The van der Waals surface area contributed by atoms with Crippen LogP contribution in [0.2, 0.25) is 5.02 Å². The third kappa shape index (κ3) is 5.21.